The summed E-state index contributed by atoms with van der Waals surface area (Å²) in [7, 11) is 0. The van der Waals surface area contributed by atoms with Crippen LogP contribution in [0.25, 0.3) is 0 Å². The molecular formula is C16H15F3N4O4. The Morgan fingerprint density at radius 1 is 1.15 bits per heavy atom. The Bertz CT molecular complexity index is 878. The number of nitrogens with zero attached hydrogens (tertiary/aromatic N) is 2. The lowest BCUT2D eigenvalue weighted by Crippen LogP contribution is -2.36. The highest BCUT2D eigenvalue weighted by molar-refractivity contribution is 5.75. The monoisotopic (exact) mass is 384 g/mol. The maximum atomic E-state index is 12.7. The lowest BCUT2D eigenvalue weighted by Gasteiger charge is -2.11. The Hall–Kier alpha value is -3.37. The molecule has 0 aliphatic rings. The highest BCUT2D eigenvalue weighted by Gasteiger charge is 2.34. The van der Waals surface area contributed by atoms with Crippen LogP contribution in [0, 0.1) is 10.1 Å². The van der Waals surface area contributed by atoms with Gasteiger partial charge in [-0.1, -0.05) is 0 Å². The fraction of sp³-hybridized carbons (Fsp3) is 0.250. The number of amides is 1. The minimum Gasteiger partial charge on any atom is -0.383 e. The molecule has 1 aromatic carbocycles. The summed E-state index contributed by atoms with van der Waals surface area (Å²) in [5, 5.41) is 15.9. The van der Waals surface area contributed by atoms with Crippen molar-refractivity contribution in [3.63, 3.8) is 0 Å². The Morgan fingerprint density at radius 3 is 2.41 bits per heavy atom. The van der Waals surface area contributed by atoms with E-state index in [9.17, 15) is 32.9 Å². The first-order chi connectivity index (χ1) is 12.7. The van der Waals surface area contributed by atoms with E-state index in [0.717, 1.165) is 12.3 Å². The first-order valence-corrected chi connectivity index (χ1v) is 7.70. The van der Waals surface area contributed by atoms with Crippen molar-refractivity contribution in [2.24, 2.45) is 0 Å². The number of hydrogen-bond acceptors (Lipinski definition) is 5. The zero-order valence-electron chi connectivity index (χ0n) is 13.8. The van der Waals surface area contributed by atoms with Gasteiger partial charge in [-0.2, -0.15) is 13.2 Å². The number of hydrogen-bond donors (Lipinski definition) is 2. The van der Waals surface area contributed by atoms with Crippen molar-refractivity contribution in [2.45, 2.75) is 12.7 Å². The Morgan fingerprint density at radius 2 is 1.81 bits per heavy atom. The molecule has 1 amide bonds. The van der Waals surface area contributed by atoms with Gasteiger partial charge in [0.15, 0.2) is 0 Å². The number of anilines is 1. The number of halogens is 3. The van der Waals surface area contributed by atoms with E-state index in [4.69, 9.17) is 0 Å². The summed E-state index contributed by atoms with van der Waals surface area (Å²) in [5.74, 6) is -0.623. The lowest BCUT2D eigenvalue weighted by molar-refractivity contribution is -0.384. The molecule has 0 bridgehead atoms. The van der Waals surface area contributed by atoms with Crippen LogP contribution in [0.3, 0.4) is 0 Å². The third-order valence-corrected chi connectivity index (χ3v) is 3.49. The van der Waals surface area contributed by atoms with Crippen LogP contribution in [-0.4, -0.2) is 28.5 Å². The van der Waals surface area contributed by atoms with Gasteiger partial charge in [-0.15, -0.1) is 0 Å². The third kappa shape index (κ3) is 5.56. The van der Waals surface area contributed by atoms with E-state index in [1.165, 1.54) is 24.3 Å². The molecule has 0 aliphatic heterocycles. The van der Waals surface area contributed by atoms with Crippen molar-refractivity contribution in [3.8, 4) is 0 Å². The highest BCUT2D eigenvalue weighted by atomic mass is 19.4. The van der Waals surface area contributed by atoms with Gasteiger partial charge < -0.3 is 15.2 Å². The molecule has 2 N–H and O–H groups in total. The number of pyridine rings is 1. The van der Waals surface area contributed by atoms with Gasteiger partial charge in [0.2, 0.25) is 5.91 Å². The molecule has 1 aromatic heterocycles. The minimum atomic E-state index is -4.79. The summed E-state index contributed by atoms with van der Waals surface area (Å²) in [5.41, 5.74) is -2.08. The molecule has 0 radical (unpaired) electrons. The van der Waals surface area contributed by atoms with E-state index in [-0.39, 0.29) is 18.8 Å². The molecule has 2 rings (SSSR count). The van der Waals surface area contributed by atoms with Crippen LogP contribution >= 0.6 is 0 Å². The van der Waals surface area contributed by atoms with Gasteiger partial charge in [0, 0.05) is 37.1 Å². The van der Waals surface area contributed by atoms with Crippen molar-refractivity contribution >= 4 is 17.3 Å². The number of rotatable bonds is 7. The van der Waals surface area contributed by atoms with Gasteiger partial charge >= 0.3 is 6.18 Å². The lowest BCUT2D eigenvalue weighted by atomic mass is 10.2. The number of alkyl halides is 3. The molecule has 27 heavy (non-hydrogen) atoms. The van der Waals surface area contributed by atoms with Crippen LogP contribution in [0.15, 0.2) is 47.4 Å². The van der Waals surface area contributed by atoms with Crippen LogP contribution < -0.4 is 16.2 Å². The van der Waals surface area contributed by atoms with E-state index < -0.39 is 34.7 Å². The van der Waals surface area contributed by atoms with Crippen LogP contribution in [0.5, 0.6) is 0 Å². The zero-order chi connectivity index (χ0) is 20.0. The number of non-ortho nitro benzene ring substituents is 1. The number of nitro benzene ring substituents is 1. The summed E-state index contributed by atoms with van der Waals surface area (Å²) in [6.07, 6.45) is -3.68. The second-order valence-electron chi connectivity index (χ2n) is 5.43. The van der Waals surface area contributed by atoms with Crippen LogP contribution in [0.1, 0.15) is 5.56 Å². The average Bonchev–Trinajstić information content (AvgIpc) is 2.60. The molecule has 1 heterocycles. The predicted octanol–water partition coefficient (Wildman–Crippen LogP) is 2.00. The average molecular weight is 384 g/mol. The van der Waals surface area contributed by atoms with E-state index >= 15 is 0 Å². The summed E-state index contributed by atoms with van der Waals surface area (Å²) in [6, 6.07) is 7.35. The fourth-order valence-electron chi connectivity index (χ4n) is 2.20. The second-order valence-corrected chi connectivity index (χ2v) is 5.43. The molecule has 0 saturated heterocycles. The number of nitro groups is 1. The van der Waals surface area contributed by atoms with Gasteiger partial charge in [0.25, 0.3) is 11.2 Å². The van der Waals surface area contributed by atoms with Gasteiger partial charge in [-0.3, -0.25) is 19.7 Å². The normalized spacial score (nSPS) is 11.1. The molecule has 0 unspecified atom stereocenters. The van der Waals surface area contributed by atoms with E-state index in [0.29, 0.717) is 16.3 Å². The van der Waals surface area contributed by atoms with Gasteiger partial charge in [0.05, 0.1) is 4.92 Å². The van der Waals surface area contributed by atoms with Crippen LogP contribution in [-0.2, 0) is 17.5 Å². The molecule has 2 aromatic rings. The van der Waals surface area contributed by atoms with Crippen LogP contribution in [0.4, 0.5) is 24.5 Å². The largest absolute Gasteiger partial charge is 0.421 e. The molecule has 0 fully saturated rings. The predicted molar refractivity (Wildman–Crippen MR) is 90.3 cm³/mol. The number of carbonyl (C=O) groups is 1. The third-order valence-electron chi connectivity index (χ3n) is 3.49. The summed E-state index contributed by atoms with van der Waals surface area (Å²) >= 11 is 0. The highest BCUT2D eigenvalue weighted by Crippen LogP contribution is 2.25. The number of carbonyl (C=O) groups excluding carboxylic acids is 1. The number of benzene rings is 1. The SMILES string of the molecule is O=C(Cn1cccc(C(F)(F)F)c1=O)NCCNc1ccc([N+](=O)[O-])cc1. The summed E-state index contributed by atoms with van der Waals surface area (Å²) in [6.45, 7) is -0.120. The molecule has 0 saturated carbocycles. The molecule has 0 aliphatic carbocycles. The Balaban J connectivity index is 1.83. The number of nitrogens with one attached hydrogen (secondary N) is 2. The second kappa shape index (κ2) is 8.34. The molecule has 11 heteroatoms. The zero-order valence-corrected chi connectivity index (χ0v) is 13.8. The molecule has 8 nitrogen and oxygen atoms in total. The summed E-state index contributed by atoms with van der Waals surface area (Å²) < 4.78 is 38.7. The molecule has 144 valence electrons. The van der Waals surface area contributed by atoms with Crippen molar-refractivity contribution in [3.05, 3.63) is 68.6 Å². The smallest absolute Gasteiger partial charge is 0.383 e. The van der Waals surface area contributed by atoms with Crippen molar-refractivity contribution < 1.29 is 22.9 Å². The maximum absolute atomic E-state index is 12.7. The molecule has 0 spiro atoms. The Kier molecular flexibility index (Phi) is 6.16. The molecular weight excluding hydrogens is 369 g/mol. The van der Waals surface area contributed by atoms with E-state index in [2.05, 4.69) is 10.6 Å². The summed E-state index contributed by atoms with van der Waals surface area (Å²) in [4.78, 5) is 33.6. The molecule has 0 atom stereocenters. The van der Waals surface area contributed by atoms with Gasteiger partial charge in [0.1, 0.15) is 12.1 Å². The first kappa shape index (κ1) is 19.9. The standard InChI is InChI=1S/C16H15F3N4O4/c17-16(18,19)13-2-1-9-22(15(13)25)10-14(24)21-8-7-20-11-3-5-12(6-4-11)23(26)27/h1-6,9,20H,7-8,10H2,(H,21,24). The maximum Gasteiger partial charge on any atom is 0.421 e. The van der Waals surface area contributed by atoms with E-state index in [1.54, 1.807) is 0 Å². The van der Waals surface area contributed by atoms with Crippen molar-refractivity contribution in [1.29, 1.82) is 0 Å². The minimum absolute atomic E-state index is 0.0552. The quantitative estimate of drug-likeness (QED) is 0.432. The van der Waals surface area contributed by atoms with E-state index in [1.807, 2.05) is 0 Å². The van der Waals surface area contributed by atoms with Gasteiger partial charge in [-0.25, -0.2) is 0 Å². The first-order valence-electron chi connectivity index (χ1n) is 7.70. The van der Waals surface area contributed by atoms with Crippen molar-refractivity contribution in [1.82, 2.24) is 9.88 Å². The topological polar surface area (TPSA) is 106 Å². The van der Waals surface area contributed by atoms with Crippen molar-refractivity contribution in [2.75, 3.05) is 18.4 Å². The fourth-order valence-corrected chi connectivity index (χ4v) is 2.20. The van der Waals surface area contributed by atoms with Crippen LogP contribution in [0.2, 0.25) is 0 Å². The Labute approximate surface area is 150 Å². The number of aromatic nitrogens is 1. The van der Waals surface area contributed by atoms with Gasteiger partial charge in [-0.05, 0) is 24.3 Å².